The Balaban J connectivity index is 2.74. The summed E-state index contributed by atoms with van der Waals surface area (Å²) in [7, 11) is -1.72. The lowest BCUT2D eigenvalue weighted by atomic mass is 10.3. The molecule has 0 aliphatic rings. The first kappa shape index (κ1) is 14.7. The number of amides is 1. The van der Waals surface area contributed by atoms with Crippen LogP contribution < -0.4 is 5.32 Å². The second-order valence-corrected chi connectivity index (χ2v) is 7.96. The molecule has 7 heteroatoms. The summed E-state index contributed by atoms with van der Waals surface area (Å²) < 4.78 is 24.3. The molecule has 1 aromatic heterocycles. The molecule has 0 saturated carbocycles. The zero-order valence-electron chi connectivity index (χ0n) is 11.3. The summed E-state index contributed by atoms with van der Waals surface area (Å²) in [6, 6.07) is 1.68. The predicted octanol–water partition coefficient (Wildman–Crippen LogP) is 0.880. The topological polar surface area (TPSA) is 81.1 Å². The van der Waals surface area contributed by atoms with Gasteiger partial charge in [0.25, 0.3) is 0 Å². The molecule has 0 radical (unpaired) electrons. The molecule has 0 bridgehead atoms. The number of carbonyl (C=O) groups excluding carboxylic acids is 1. The highest BCUT2D eigenvalue weighted by atomic mass is 32.2. The highest BCUT2D eigenvalue weighted by Crippen LogP contribution is 2.16. The molecule has 18 heavy (non-hydrogen) atoms. The maximum atomic E-state index is 11.8. The molecular weight excluding hydrogens is 254 g/mol. The standard InChI is InChI=1S/C11H19N3O3S/c1-8-6-9(13-14(8)5)12-10(15)7-18(16,17)11(2,3)4/h6H,7H2,1-5H3,(H,12,13,15). The van der Waals surface area contributed by atoms with Gasteiger partial charge in [-0.1, -0.05) is 0 Å². The molecule has 1 amide bonds. The summed E-state index contributed by atoms with van der Waals surface area (Å²) in [6.45, 7) is 6.55. The van der Waals surface area contributed by atoms with Gasteiger partial charge in [-0.3, -0.25) is 9.48 Å². The monoisotopic (exact) mass is 273 g/mol. The minimum atomic E-state index is -3.47. The van der Waals surface area contributed by atoms with Crippen LogP contribution >= 0.6 is 0 Å². The van der Waals surface area contributed by atoms with Gasteiger partial charge in [-0.2, -0.15) is 5.10 Å². The first-order chi connectivity index (χ1) is 8.03. The van der Waals surface area contributed by atoms with E-state index >= 15 is 0 Å². The van der Waals surface area contributed by atoms with Crippen LogP contribution in [0.4, 0.5) is 5.82 Å². The van der Waals surface area contributed by atoms with E-state index < -0.39 is 26.2 Å². The van der Waals surface area contributed by atoms with Crippen molar-refractivity contribution in [3.63, 3.8) is 0 Å². The van der Waals surface area contributed by atoms with E-state index in [0.29, 0.717) is 5.82 Å². The molecule has 1 heterocycles. The molecule has 0 spiro atoms. The Labute approximate surface area is 107 Å². The van der Waals surface area contributed by atoms with E-state index in [0.717, 1.165) is 5.69 Å². The van der Waals surface area contributed by atoms with E-state index in [1.54, 1.807) is 38.6 Å². The fourth-order valence-electron chi connectivity index (χ4n) is 1.19. The van der Waals surface area contributed by atoms with Crippen LogP contribution in [0.15, 0.2) is 6.07 Å². The first-order valence-corrected chi connectivity index (χ1v) is 7.21. The van der Waals surface area contributed by atoms with E-state index in [4.69, 9.17) is 0 Å². The maximum absolute atomic E-state index is 11.8. The first-order valence-electron chi connectivity index (χ1n) is 5.56. The van der Waals surface area contributed by atoms with Crippen molar-refractivity contribution in [1.82, 2.24) is 9.78 Å². The van der Waals surface area contributed by atoms with Crippen molar-refractivity contribution in [2.45, 2.75) is 32.4 Å². The third-order valence-electron chi connectivity index (χ3n) is 2.64. The third-order valence-corrected chi connectivity index (χ3v) is 5.14. The van der Waals surface area contributed by atoms with Gasteiger partial charge in [0.1, 0.15) is 5.75 Å². The fraction of sp³-hybridized carbons (Fsp3) is 0.636. The van der Waals surface area contributed by atoms with E-state index in [1.807, 2.05) is 6.92 Å². The van der Waals surface area contributed by atoms with Crippen molar-refractivity contribution in [2.24, 2.45) is 7.05 Å². The van der Waals surface area contributed by atoms with Crippen LogP contribution in [0.3, 0.4) is 0 Å². The normalized spacial score (nSPS) is 12.5. The molecule has 102 valence electrons. The van der Waals surface area contributed by atoms with Gasteiger partial charge in [0, 0.05) is 18.8 Å². The smallest absolute Gasteiger partial charge is 0.240 e. The Morgan fingerprint density at radius 2 is 2.00 bits per heavy atom. The van der Waals surface area contributed by atoms with E-state index in [2.05, 4.69) is 10.4 Å². The van der Waals surface area contributed by atoms with Gasteiger partial charge in [-0.05, 0) is 27.7 Å². The Morgan fingerprint density at radius 3 is 2.39 bits per heavy atom. The molecule has 6 nitrogen and oxygen atoms in total. The van der Waals surface area contributed by atoms with Crippen LogP contribution in [0.1, 0.15) is 26.5 Å². The molecule has 0 aliphatic carbocycles. The van der Waals surface area contributed by atoms with Gasteiger partial charge >= 0.3 is 0 Å². The lowest BCUT2D eigenvalue weighted by Gasteiger charge is -2.18. The lowest BCUT2D eigenvalue weighted by Crippen LogP contribution is -2.35. The van der Waals surface area contributed by atoms with Crippen LogP contribution in [0.25, 0.3) is 0 Å². The largest absolute Gasteiger partial charge is 0.308 e. The molecule has 0 atom stereocenters. The second kappa shape index (κ2) is 4.72. The Bertz CT molecular complexity index is 533. The minimum absolute atomic E-state index is 0.365. The predicted molar refractivity (Wildman–Crippen MR) is 70.1 cm³/mol. The second-order valence-electron chi connectivity index (χ2n) is 5.21. The molecule has 1 aromatic rings. The fourth-order valence-corrected chi connectivity index (χ4v) is 2.04. The van der Waals surface area contributed by atoms with Crippen molar-refractivity contribution in [1.29, 1.82) is 0 Å². The van der Waals surface area contributed by atoms with Gasteiger partial charge in [-0.15, -0.1) is 0 Å². The van der Waals surface area contributed by atoms with Gasteiger partial charge in [0.05, 0.1) is 4.75 Å². The number of nitrogens with zero attached hydrogens (tertiary/aromatic N) is 2. The maximum Gasteiger partial charge on any atom is 0.240 e. The molecule has 0 fully saturated rings. The SMILES string of the molecule is Cc1cc(NC(=O)CS(=O)(=O)C(C)(C)C)nn1C. The highest BCUT2D eigenvalue weighted by molar-refractivity contribution is 7.93. The summed E-state index contributed by atoms with van der Waals surface area (Å²) >= 11 is 0. The Kier molecular flexibility index (Phi) is 3.85. The van der Waals surface area contributed by atoms with Gasteiger partial charge in [0.15, 0.2) is 15.7 Å². The lowest BCUT2D eigenvalue weighted by molar-refractivity contribution is -0.113. The zero-order valence-corrected chi connectivity index (χ0v) is 12.1. The highest BCUT2D eigenvalue weighted by Gasteiger charge is 2.31. The van der Waals surface area contributed by atoms with Gasteiger partial charge in [0.2, 0.25) is 5.91 Å². The molecule has 0 saturated heterocycles. The summed E-state index contributed by atoms with van der Waals surface area (Å²) in [6.07, 6.45) is 0. The summed E-state index contributed by atoms with van der Waals surface area (Å²) in [4.78, 5) is 11.7. The average molecular weight is 273 g/mol. The van der Waals surface area contributed by atoms with Crippen LogP contribution in [-0.2, 0) is 21.7 Å². The van der Waals surface area contributed by atoms with Crippen molar-refractivity contribution >= 4 is 21.6 Å². The number of nitrogens with one attached hydrogen (secondary N) is 1. The summed E-state index contributed by atoms with van der Waals surface area (Å²) in [5.74, 6) is -0.737. The van der Waals surface area contributed by atoms with E-state index in [-0.39, 0.29) is 0 Å². The van der Waals surface area contributed by atoms with Crippen LogP contribution in [0.2, 0.25) is 0 Å². The third kappa shape index (κ3) is 3.32. The number of anilines is 1. The molecule has 1 N–H and O–H groups in total. The number of aryl methyl sites for hydroxylation is 2. The van der Waals surface area contributed by atoms with Crippen LogP contribution in [-0.4, -0.2) is 34.6 Å². The molecule has 0 unspecified atom stereocenters. The van der Waals surface area contributed by atoms with Crippen molar-refractivity contribution in [3.05, 3.63) is 11.8 Å². The van der Waals surface area contributed by atoms with E-state index in [1.165, 1.54) is 0 Å². The molecular formula is C11H19N3O3S. The van der Waals surface area contributed by atoms with Gasteiger partial charge in [-0.25, -0.2) is 8.42 Å². The van der Waals surface area contributed by atoms with Crippen LogP contribution in [0.5, 0.6) is 0 Å². The number of hydrogen-bond donors (Lipinski definition) is 1. The zero-order chi connectivity index (χ0) is 14.1. The molecule has 0 aliphatic heterocycles. The number of carbonyl (C=O) groups is 1. The van der Waals surface area contributed by atoms with Crippen LogP contribution in [0, 0.1) is 6.92 Å². The van der Waals surface area contributed by atoms with Gasteiger partial charge < -0.3 is 5.32 Å². The number of sulfone groups is 1. The Hall–Kier alpha value is -1.37. The number of aromatic nitrogens is 2. The minimum Gasteiger partial charge on any atom is -0.308 e. The quantitative estimate of drug-likeness (QED) is 0.886. The Morgan fingerprint density at radius 1 is 1.44 bits per heavy atom. The average Bonchev–Trinajstić information content (AvgIpc) is 2.42. The molecule has 0 aromatic carbocycles. The molecule has 1 rings (SSSR count). The summed E-state index contributed by atoms with van der Waals surface area (Å²) in [5.41, 5.74) is 0.879. The van der Waals surface area contributed by atoms with Crippen molar-refractivity contribution < 1.29 is 13.2 Å². The number of rotatable bonds is 3. The van der Waals surface area contributed by atoms with E-state index in [9.17, 15) is 13.2 Å². The summed E-state index contributed by atoms with van der Waals surface area (Å²) in [5, 5.41) is 6.51. The van der Waals surface area contributed by atoms with Crippen molar-refractivity contribution in [2.75, 3.05) is 11.1 Å². The number of hydrogen-bond acceptors (Lipinski definition) is 4. The van der Waals surface area contributed by atoms with Crippen molar-refractivity contribution in [3.8, 4) is 0 Å².